The van der Waals surface area contributed by atoms with Crippen LogP contribution in [0.15, 0.2) is 29.6 Å². The van der Waals surface area contributed by atoms with Gasteiger partial charge < -0.3 is 15.3 Å². The Hall–Kier alpha value is -1.96. The second kappa shape index (κ2) is 12.5. The van der Waals surface area contributed by atoms with Crippen LogP contribution in [0.3, 0.4) is 0 Å². The molecule has 28 heavy (non-hydrogen) atoms. The molecule has 3 rings (SSSR count). The molecule has 1 aliphatic rings. The number of nitrogens with zero attached hydrogens (tertiary/aromatic N) is 2. The highest BCUT2D eigenvalue weighted by Crippen LogP contribution is 2.26. The number of aromatic nitrogens is 1. The summed E-state index contributed by atoms with van der Waals surface area (Å²) in [5.41, 5.74) is 1.87. The van der Waals surface area contributed by atoms with Crippen LogP contribution in [0.4, 0.5) is 5.13 Å². The fourth-order valence-electron chi connectivity index (χ4n) is 3.07. The number of hydrogen-bond donors (Lipinski definition) is 2. The van der Waals surface area contributed by atoms with Crippen molar-refractivity contribution in [1.82, 2.24) is 9.88 Å². The summed E-state index contributed by atoms with van der Waals surface area (Å²) in [6.07, 6.45) is 6.58. The summed E-state index contributed by atoms with van der Waals surface area (Å²) in [4.78, 5) is 27.4. The summed E-state index contributed by atoms with van der Waals surface area (Å²) in [5, 5.41) is 13.1. The van der Waals surface area contributed by atoms with Crippen LogP contribution in [0.1, 0.15) is 38.5 Å². The first kappa shape index (κ1) is 22.3. The van der Waals surface area contributed by atoms with Crippen LogP contribution in [-0.2, 0) is 9.59 Å². The Labute approximate surface area is 174 Å². The van der Waals surface area contributed by atoms with Gasteiger partial charge in [-0.25, -0.2) is 4.98 Å². The fourth-order valence-corrected chi connectivity index (χ4v) is 3.93. The van der Waals surface area contributed by atoms with Gasteiger partial charge in [0.2, 0.25) is 5.91 Å². The Morgan fingerprint density at radius 2 is 1.89 bits per heavy atom. The predicted molar refractivity (Wildman–Crippen MR) is 114 cm³/mol. The van der Waals surface area contributed by atoms with E-state index in [1.807, 2.05) is 29.6 Å². The molecule has 152 valence electrons. The first-order chi connectivity index (χ1) is 13.6. The molecule has 0 aliphatic carbocycles. The van der Waals surface area contributed by atoms with Gasteiger partial charge in [-0.2, -0.15) is 0 Å². The maximum Gasteiger partial charge on any atom is 0.290 e. The molecule has 0 saturated carbocycles. The largest absolute Gasteiger partial charge is 0.483 e. The molecule has 0 bridgehead atoms. The van der Waals surface area contributed by atoms with Crippen molar-refractivity contribution in [3.8, 4) is 11.3 Å². The van der Waals surface area contributed by atoms with Crippen molar-refractivity contribution >= 4 is 40.4 Å². The first-order valence-corrected chi connectivity index (χ1v) is 10.7. The van der Waals surface area contributed by atoms with E-state index in [2.05, 4.69) is 15.2 Å². The highest BCUT2D eigenvalue weighted by Gasteiger charge is 2.11. The van der Waals surface area contributed by atoms with Gasteiger partial charge in [-0.05, 0) is 57.5 Å². The number of carbonyl (C=O) groups excluding carboxylic acids is 1. The molecule has 2 heterocycles. The molecule has 1 aromatic carbocycles. The van der Waals surface area contributed by atoms with Crippen molar-refractivity contribution < 1.29 is 14.7 Å². The van der Waals surface area contributed by atoms with Crippen molar-refractivity contribution in [1.29, 1.82) is 0 Å². The zero-order chi connectivity index (χ0) is 20.2. The van der Waals surface area contributed by atoms with Crippen LogP contribution >= 0.6 is 22.9 Å². The molecule has 2 N–H and O–H groups in total. The SMILES string of the molecule is O=C(CCCCN1CCCCC1)Nc1nc(-c2ccc(Cl)cc2)cs1.O=CO. The third-order valence-electron chi connectivity index (χ3n) is 4.47. The van der Waals surface area contributed by atoms with Crippen molar-refractivity contribution in [3.05, 3.63) is 34.7 Å². The number of halogens is 1. The number of anilines is 1. The van der Waals surface area contributed by atoms with Crippen molar-refractivity contribution in [3.63, 3.8) is 0 Å². The van der Waals surface area contributed by atoms with Gasteiger partial charge in [0.25, 0.3) is 6.47 Å². The van der Waals surface area contributed by atoms with E-state index in [4.69, 9.17) is 21.5 Å². The molecule has 1 saturated heterocycles. The molecular weight excluding hydrogens is 398 g/mol. The zero-order valence-electron chi connectivity index (χ0n) is 15.8. The van der Waals surface area contributed by atoms with Crippen LogP contribution < -0.4 is 5.32 Å². The lowest BCUT2D eigenvalue weighted by molar-refractivity contribution is -0.123. The molecule has 0 atom stereocenters. The second-order valence-corrected chi connectivity index (χ2v) is 7.85. The fraction of sp³-hybridized carbons (Fsp3) is 0.450. The molecular formula is C20H26ClN3O3S. The van der Waals surface area contributed by atoms with E-state index in [1.54, 1.807) is 0 Å². The smallest absolute Gasteiger partial charge is 0.290 e. The third kappa shape index (κ3) is 7.96. The summed E-state index contributed by atoms with van der Waals surface area (Å²) < 4.78 is 0. The summed E-state index contributed by atoms with van der Waals surface area (Å²) in [6.45, 7) is 3.31. The van der Waals surface area contributed by atoms with Crippen molar-refractivity contribution in [2.24, 2.45) is 0 Å². The Morgan fingerprint density at radius 1 is 1.21 bits per heavy atom. The third-order valence-corrected chi connectivity index (χ3v) is 5.48. The quantitative estimate of drug-likeness (QED) is 0.495. The highest BCUT2D eigenvalue weighted by molar-refractivity contribution is 7.14. The van der Waals surface area contributed by atoms with Crippen LogP contribution in [0.5, 0.6) is 0 Å². The van der Waals surface area contributed by atoms with Gasteiger partial charge in [0.05, 0.1) is 5.69 Å². The molecule has 0 spiro atoms. The predicted octanol–water partition coefficient (Wildman–Crippen LogP) is 4.76. The number of thiazole rings is 1. The summed E-state index contributed by atoms with van der Waals surface area (Å²) >= 11 is 7.36. The highest BCUT2D eigenvalue weighted by atomic mass is 35.5. The molecule has 0 radical (unpaired) electrons. The van der Waals surface area contributed by atoms with E-state index >= 15 is 0 Å². The minimum Gasteiger partial charge on any atom is -0.483 e. The number of likely N-dealkylation sites (tertiary alicyclic amines) is 1. The minimum absolute atomic E-state index is 0.0515. The lowest BCUT2D eigenvalue weighted by Gasteiger charge is -2.26. The van der Waals surface area contributed by atoms with Gasteiger partial charge in [-0.3, -0.25) is 9.59 Å². The van der Waals surface area contributed by atoms with E-state index < -0.39 is 0 Å². The number of hydrogen-bond acceptors (Lipinski definition) is 5. The number of carbonyl (C=O) groups is 2. The monoisotopic (exact) mass is 423 g/mol. The molecule has 1 aliphatic heterocycles. The first-order valence-electron chi connectivity index (χ1n) is 9.44. The summed E-state index contributed by atoms with van der Waals surface area (Å²) in [7, 11) is 0. The molecule has 1 amide bonds. The Morgan fingerprint density at radius 3 is 2.57 bits per heavy atom. The number of rotatable bonds is 7. The van der Waals surface area contributed by atoms with E-state index in [9.17, 15) is 4.79 Å². The van der Waals surface area contributed by atoms with Crippen LogP contribution in [-0.4, -0.2) is 47.0 Å². The molecule has 6 nitrogen and oxygen atoms in total. The lowest BCUT2D eigenvalue weighted by atomic mass is 10.1. The van der Waals surface area contributed by atoms with Crippen LogP contribution in [0, 0.1) is 0 Å². The topological polar surface area (TPSA) is 82.5 Å². The van der Waals surface area contributed by atoms with Crippen LogP contribution in [0.25, 0.3) is 11.3 Å². The number of carboxylic acid groups (broad SMARTS) is 1. The van der Waals surface area contributed by atoms with Gasteiger partial charge in [0.15, 0.2) is 5.13 Å². The van der Waals surface area contributed by atoms with E-state index in [0.717, 1.165) is 30.6 Å². The molecule has 8 heteroatoms. The number of nitrogens with one attached hydrogen (secondary N) is 1. The van der Waals surface area contributed by atoms with Gasteiger partial charge in [-0.1, -0.05) is 30.2 Å². The summed E-state index contributed by atoms with van der Waals surface area (Å²) in [5.74, 6) is 0.0515. The maximum absolute atomic E-state index is 12.1. The number of piperidine rings is 1. The molecule has 1 fully saturated rings. The molecule has 1 aromatic heterocycles. The normalized spacial score (nSPS) is 14.0. The average Bonchev–Trinajstić information content (AvgIpc) is 3.16. The minimum atomic E-state index is -0.250. The average molecular weight is 424 g/mol. The Balaban J connectivity index is 0.000000878. The van der Waals surface area contributed by atoms with Crippen molar-refractivity contribution in [2.75, 3.05) is 25.0 Å². The van der Waals surface area contributed by atoms with Gasteiger partial charge in [-0.15, -0.1) is 11.3 Å². The number of unbranched alkanes of at least 4 members (excludes halogenated alkanes) is 1. The van der Waals surface area contributed by atoms with Gasteiger partial charge >= 0.3 is 0 Å². The zero-order valence-corrected chi connectivity index (χ0v) is 17.3. The summed E-state index contributed by atoms with van der Waals surface area (Å²) in [6, 6.07) is 7.56. The maximum atomic E-state index is 12.1. The lowest BCUT2D eigenvalue weighted by Crippen LogP contribution is -2.30. The molecule has 0 unspecified atom stereocenters. The van der Waals surface area contributed by atoms with Gasteiger partial charge in [0, 0.05) is 22.4 Å². The van der Waals surface area contributed by atoms with E-state index in [1.165, 1.54) is 43.7 Å². The van der Waals surface area contributed by atoms with Crippen molar-refractivity contribution in [2.45, 2.75) is 38.5 Å². The van der Waals surface area contributed by atoms with E-state index in [-0.39, 0.29) is 12.4 Å². The number of amides is 1. The van der Waals surface area contributed by atoms with Gasteiger partial charge in [0.1, 0.15) is 0 Å². The Kier molecular flexibility index (Phi) is 9.96. The standard InChI is InChI=1S/C19H24ClN3OS.CH2O2/c20-16-9-7-15(8-10-16)17-14-25-19(21-17)22-18(24)6-2-5-13-23-11-3-1-4-12-23;2-1-3/h7-10,14H,1-6,11-13H2,(H,21,22,24);1H,(H,2,3). The van der Waals surface area contributed by atoms with Crippen LogP contribution in [0.2, 0.25) is 5.02 Å². The van der Waals surface area contributed by atoms with E-state index in [0.29, 0.717) is 16.6 Å². The second-order valence-electron chi connectivity index (χ2n) is 6.56. The Bertz CT molecular complexity index is 731. The molecule has 2 aromatic rings. The number of benzene rings is 1.